The molecule has 0 aliphatic heterocycles. The summed E-state index contributed by atoms with van der Waals surface area (Å²) in [6.07, 6.45) is 1.52. The van der Waals surface area contributed by atoms with Crippen LogP contribution in [0.1, 0.15) is 17.0 Å². The van der Waals surface area contributed by atoms with Gasteiger partial charge in [0.2, 0.25) is 0 Å². The SMILES string of the molecule is Cc1noc(C)c1-c1ccc(C=NNC(N)=O)cc1. The first-order chi connectivity index (χ1) is 9.08. The van der Waals surface area contributed by atoms with E-state index in [-0.39, 0.29) is 0 Å². The number of urea groups is 1. The lowest BCUT2D eigenvalue weighted by Gasteiger charge is -2.00. The number of primary amides is 1. The summed E-state index contributed by atoms with van der Waals surface area (Å²) in [6.45, 7) is 3.78. The van der Waals surface area contributed by atoms with Crippen LogP contribution < -0.4 is 11.2 Å². The molecular formula is C13H14N4O2. The summed E-state index contributed by atoms with van der Waals surface area (Å²) in [4.78, 5) is 10.5. The Hall–Kier alpha value is -2.63. The first kappa shape index (κ1) is 12.8. The van der Waals surface area contributed by atoms with Crippen LogP contribution in [0, 0.1) is 13.8 Å². The topological polar surface area (TPSA) is 93.5 Å². The van der Waals surface area contributed by atoms with E-state index in [0.29, 0.717) is 0 Å². The Morgan fingerprint density at radius 3 is 2.58 bits per heavy atom. The van der Waals surface area contributed by atoms with Crippen LogP contribution in [-0.2, 0) is 0 Å². The average molecular weight is 258 g/mol. The van der Waals surface area contributed by atoms with Crippen LogP contribution in [0.15, 0.2) is 33.9 Å². The number of nitrogens with two attached hydrogens (primary N) is 1. The molecule has 0 unspecified atom stereocenters. The van der Waals surface area contributed by atoms with E-state index in [1.54, 1.807) is 0 Å². The van der Waals surface area contributed by atoms with Crippen LogP contribution in [0.3, 0.4) is 0 Å². The van der Waals surface area contributed by atoms with Crippen LogP contribution in [0.2, 0.25) is 0 Å². The molecule has 2 aromatic rings. The van der Waals surface area contributed by atoms with Gasteiger partial charge in [-0.3, -0.25) is 0 Å². The molecule has 0 saturated heterocycles. The summed E-state index contributed by atoms with van der Waals surface area (Å²) in [5, 5.41) is 7.61. The van der Waals surface area contributed by atoms with Crippen LogP contribution in [0.4, 0.5) is 4.79 Å². The zero-order chi connectivity index (χ0) is 13.8. The molecule has 0 spiro atoms. The highest BCUT2D eigenvalue weighted by atomic mass is 16.5. The number of aryl methyl sites for hydroxylation is 2. The molecule has 19 heavy (non-hydrogen) atoms. The van der Waals surface area contributed by atoms with Crippen LogP contribution in [-0.4, -0.2) is 17.4 Å². The normalized spacial score (nSPS) is 10.8. The zero-order valence-corrected chi connectivity index (χ0v) is 10.7. The smallest absolute Gasteiger partial charge is 0.332 e. The summed E-state index contributed by atoms with van der Waals surface area (Å²) in [5.41, 5.74) is 10.8. The fourth-order valence-corrected chi connectivity index (χ4v) is 1.80. The third kappa shape index (κ3) is 2.98. The van der Waals surface area contributed by atoms with Gasteiger partial charge in [-0.2, -0.15) is 5.10 Å². The fraction of sp³-hybridized carbons (Fsp3) is 0.154. The quantitative estimate of drug-likeness (QED) is 0.651. The van der Waals surface area contributed by atoms with Gasteiger partial charge in [0, 0.05) is 5.56 Å². The van der Waals surface area contributed by atoms with Crippen molar-refractivity contribution in [2.75, 3.05) is 0 Å². The lowest BCUT2D eigenvalue weighted by atomic mass is 10.0. The lowest BCUT2D eigenvalue weighted by Crippen LogP contribution is -2.24. The molecule has 0 atom stereocenters. The van der Waals surface area contributed by atoms with E-state index in [9.17, 15) is 4.79 Å². The number of benzene rings is 1. The van der Waals surface area contributed by atoms with E-state index >= 15 is 0 Å². The number of carbonyl (C=O) groups excluding carboxylic acids is 1. The van der Waals surface area contributed by atoms with E-state index in [4.69, 9.17) is 10.3 Å². The van der Waals surface area contributed by atoms with Gasteiger partial charge in [-0.15, -0.1) is 0 Å². The molecule has 6 nitrogen and oxygen atoms in total. The molecule has 1 aromatic carbocycles. The molecule has 98 valence electrons. The Morgan fingerprint density at radius 1 is 1.37 bits per heavy atom. The molecule has 0 fully saturated rings. The third-order valence-corrected chi connectivity index (χ3v) is 2.62. The van der Waals surface area contributed by atoms with Crippen LogP contribution in [0.25, 0.3) is 11.1 Å². The standard InChI is InChI=1S/C13H14N4O2/c1-8-12(9(2)19-17-8)11-5-3-10(4-6-11)7-15-16-13(14)18/h3-7H,1-2H3,(H3,14,16,18). The van der Waals surface area contributed by atoms with Crippen molar-refractivity contribution in [2.24, 2.45) is 10.8 Å². The van der Waals surface area contributed by atoms with Gasteiger partial charge < -0.3 is 10.3 Å². The highest BCUT2D eigenvalue weighted by Crippen LogP contribution is 2.26. The molecule has 2 rings (SSSR count). The largest absolute Gasteiger partial charge is 0.361 e. The van der Waals surface area contributed by atoms with E-state index in [1.165, 1.54) is 6.21 Å². The average Bonchev–Trinajstić information content (AvgIpc) is 2.70. The molecule has 3 N–H and O–H groups in total. The monoisotopic (exact) mass is 258 g/mol. The van der Waals surface area contributed by atoms with Crippen molar-refractivity contribution in [3.8, 4) is 11.1 Å². The summed E-state index contributed by atoms with van der Waals surface area (Å²) >= 11 is 0. The molecule has 1 heterocycles. The minimum absolute atomic E-state index is 0.691. The summed E-state index contributed by atoms with van der Waals surface area (Å²) in [5.74, 6) is 0.786. The van der Waals surface area contributed by atoms with Crippen molar-refractivity contribution in [2.45, 2.75) is 13.8 Å². The van der Waals surface area contributed by atoms with Gasteiger partial charge in [-0.25, -0.2) is 10.2 Å². The number of hydrogen-bond donors (Lipinski definition) is 2. The summed E-state index contributed by atoms with van der Waals surface area (Å²) < 4.78 is 5.13. The number of hydrogen-bond acceptors (Lipinski definition) is 4. The maximum Gasteiger partial charge on any atom is 0.332 e. The number of hydrazone groups is 1. The lowest BCUT2D eigenvalue weighted by molar-refractivity contribution is 0.249. The summed E-state index contributed by atoms with van der Waals surface area (Å²) in [7, 11) is 0. The molecule has 0 radical (unpaired) electrons. The number of aromatic nitrogens is 1. The molecule has 1 aromatic heterocycles. The van der Waals surface area contributed by atoms with Gasteiger partial charge in [0.1, 0.15) is 5.76 Å². The Bertz CT molecular complexity index is 595. The van der Waals surface area contributed by atoms with Crippen molar-refractivity contribution >= 4 is 12.2 Å². The first-order valence-electron chi connectivity index (χ1n) is 5.69. The summed E-state index contributed by atoms with van der Waals surface area (Å²) in [6, 6.07) is 6.96. The maximum absolute atomic E-state index is 10.5. The maximum atomic E-state index is 10.5. The van der Waals surface area contributed by atoms with E-state index < -0.39 is 6.03 Å². The van der Waals surface area contributed by atoms with Crippen molar-refractivity contribution in [3.63, 3.8) is 0 Å². The fourth-order valence-electron chi connectivity index (χ4n) is 1.80. The second-order valence-corrected chi connectivity index (χ2v) is 4.06. The van der Waals surface area contributed by atoms with Gasteiger partial charge in [0.05, 0.1) is 11.9 Å². The van der Waals surface area contributed by atoms with Crippen molar-refractivity contribution in [1.29, 1.82) is 0 Å². The second-order valence-electron chi connectivity index (χ2n) is 4.06. The Balaban J connectivity index is 2.19. The number of carbonyl (C=O) groups is 1. The van der Waals surface area contributed by atoms with Gasteiger partial charge in [0.25, 0.3) is 0 Å². The van der Waals surface area contributed by atoms with Crippen molar-refractivity contribution in [1.82, 2.24) is 10.6 Å². The molecule has 2 amide bonds. The second kappa shape index (κ2) is 5.34. The van der Waals surface area contributed by atoms with Gasteiger partial charge in [-0.1, -0.05) is 29.4 Å². The van der Waals surface area contributed by atoms with Crippen LogP contribution >= 0.6 is 0 Å². The van der Waals surface area contributed by atoms with E-state index in [0.717, 1.165) is 28.1 Å². The molecule has 0 saturated carbocycles. The van der Waals surface area contributed by atoms with Crippen LogP contribution in [0.5, 0.6) is 0 Å². The Kier molecular flexibility index (Phi) is 3.61. The van der Waals surface area contributed by atoms with Crippen molar-refractivity contribution in [3.05, 3.63) is 41.3 Å². The zero-order valence-electron chi connectivity index (χ0n) is 10.7. The van der Waals surface area contributed by atoms with E-state index in [2.05, 4.69) is 15.7 Å². The van der Waals surface area contributed by atoms with E-state index in [1.807, 2.05) is 38.1 Å². The predicted octanol–water partition coefficient (Wildman–Crippen LogP) is 1.96. The minimum Gasteiger partial charge on any atom is -0.361 e. The number of rotatable bonds is 3. The minimum atomic E-state index is -0.691. The molecular weight excluding hydrogens is 244 g/mol. The highest BCUT2D eigenvalue weighted by Gasteiger charge is 2.10. The number of nitrogens with one attached hydrogen (secondary N) is 1. The molecule has 6 heteroatoms. The number of amides is 2. The Morgan fingerprint density at radius 2 is 2.05 bits per heavy atom. The first-order valence-corrected chi connectivity index (χ1v) is 5.69. The third-order valence-electron chi connectivity index (χ3n) is 2.62. The number of nitrogens with zero attached hydrogens (tertiary/aromatic N) is 2. The molecule has 0 aliphatic carbocycles. The molecule has 0 aliphatic rings. The van der Waals surface area contributed by atoms with Crippen molar-refractivity contribution < 1.29 is 9.32 Å². The van der Waals surface area contributed by atoms with Gasteiger partial charge in [0.15, 0.2) is 0 Å². The molecule has 0 bridgehead atoms. The predicted molar refractivity (Wildman–Crippen MR) is 71.7 cm³/mol. The van der Waals surface area contributed by atoms with Gasteiger partial charge >= 0.3 is 6.03 Å². The highest BCUT2D eigenvalue weighted by molar-refractivity contribution is 5.82. The van der Waals surface area contributed by atoms with Gasteiger partial charge in [-0.05, 0) is 25.0 Å². The Labute approximate surface area is 110 Å².